The minimum absolute atomic E-state index is 0.0127. The van der Waals surface area contributed by atoms with E-state index >= 15 is 4.39 Å². The number of ether oxygens (including phenoxy) is 4. The van der Waals surface area contributed by atoms with Gasteiger partial charge < -0.3 is 29.2 Å². The molecule has 0 spiro atoms. The van der Waals surface area contributed by atoms with E-state index in [1.54, 1.807) is 42.5 Å². The fourth-order valence-corrected chi connectivity index (χ4v) is 6.57. The van der Waals surface area contributed by atoms with E-state index in [9.17, 15) is 19.8 Å². The highest BCUT2D eigenvalue weighted by atomic mass is 19.1. The fraction of sp³-hybridized carbons (Fsp3) is 0.455. The SMILES string of the molecule is C=C(C)C(=O)Oc1ccc(-c2cc(-c3ccc(C4CCC(CCCCC)CC4)cc3F)cc(OC(=O)C(=C)C)c2OCCCCO)cc1OCCCO. The van der Waals surface area contributed by atoms with Gasteiger partial charge in [-0.2, -0.15) is 0 Å². The summed E-state index contributed by atoms with van der Waals surface area (Å²) >= 11 is 0. The second kappa shape index (κ2) is 20.7. The zero-order valence-corrected chi connectivity index (χ0v) is 31.5. The molecule has 0 unspecified atom stereocenters. The Morgan fingerprint density at radius 3 is 2.02 bits per heavy atom. The van der Waals surface area contributed by atoms with Crippen LogP contribution >= 0.6 is 0 Å². The van der Waals surface area contributed by atoms with Crippen LogP contribution in [0.15, 0.2) is 72.8 Å². The molecule has 0 aromatic heterocycles. The Morgan fingerprint density at radius 1 is 0.717 bits per heavy atom. The molecular weight excluding hydrogens is 675 g/mol. The highest BCUT2D eigenvalue weighted by Crippen LogP contribution is 2.46. The lowest BCUT2D eigenvalue weighted by atomic mass is 9.77. The van der Waals surface area contributed by atoms with E-state index < -0.39 is 11.9 Å². The van der Waals surface area contributed by atoms with Crippen LogP contribution in [0.2, 0.25) is 0 Å². The molecule has 0 saturated heterocycles. The Labute approximate surface area is 313 Å². The molecule has 0 radical (unpaired) electrons. The van der Waals surface area contributed by atoms with Gasteiger partial charge >= 0.3 is 11.9 Å². The van der Waals surface area contributed by atoms with Crippen LogP contribution in [-0.4, -0.2) is 48.6 Å². The summed E-state index contributed by atoms with van der Waals surface area (Å²) in [6.45, 7) is 12.9. The van der Waals surface area contributed by atoms with E-state index in [1.807, 2.05) is 6.07 Å². The summed E-state index contributed by atoms with van der Waals surface area (Å²) in [5, 5.41) is 18.7. The maximum Gasteiger partial charge on any atom is 0.338 e. The summed E-state index contributed by atoms with van der Waals surface area (Å²) in [6.07, 6.45) is 10.8. The van der Waals surface area contributed by atoms with Crippen LogP contribution in [0, 0.1) is 11.7 Å². The van der Waals surface area contributed by atoms with Gasteiger partial charge in [-0.05, 0) is 111 Å². The predicted molar refractivity (Wildman–Crippen MR) is 206 cm³/mol. The highest BCUT2D eigenvalue weighted by molar-refractivity contribution is 5.91. The summed E-state index contributed by atoms with van der Waals surface area (Å²) in [6, 6.07) is 13.7. The second-order valence-electron chi connectivity index (χ2n) is 14.0. The zero-order valence-electron chi connectivity index (χ0n) is 31.5. The molecule has 1 saturated carbocycles. The number of esters is 2. The Bertz CT molecular complexity index is 1720. The van der Waals surface area contributed by atoms with Crippen LogP contribution in [0.3, 0.4) is 0 Å². The third kappa shape index (κ3) is 11.8. The minimum Gasteiger partial charge on any atom is -0.490 e. The summed E-state index contributed by atoms with van der Waals surface area (Å²) in [5.41, 5.74) is 3.14. The monoisotopic (exact) mass is 730 g/mol. The molecule has 0 heterocycles. The van der Waals surface area contributed by atoms with E-state index in [-0.39, 0.29) is 66.4 Å². The number of benzene rings is 3. The fourth-order valence-electron chi connectivity index (χ4n) is 6.57. The molecule has 2 N–H and O–H groups in total. The summed E-state index contributed by atoms with van der Waals surface area (Å²) in [7, 11) is 0. The van der Waals surface area contributed by atoms with Gasteiger partial charge in [-0.15, -0.1) is 0 Å². The van der Waals surface area contributed by atoms with E-state index in [1.165, 1.54) is 39.5 Å². The van der Waals surface area contributed by atoms with Gasteiger partial charge in [-0.3, -0.25) is 0 Å². The molecule has 0 aliphatic heterocycles. The van der Waals surface area contributed by atoms with Crippen molar-refractivity contribution < 1.29 is 43.1 Å². The van der Waals surface area contributed by atoms with Crippen LogP contribution in [0.25, 0.3) is 22.3 Å². The number of carbonyl (C=O) groups excluding carboxylic acids is 2. The molecule has 53 heavy (non-hydrogen) atoms. The average Bonchev–Trinajstić information content (AvgIpc) is 3.14. The lowest BCUT2D eigenvalue weighted by molar-refractivity contribution is -0.131. The summed E-state index contributed by atoms with van der Waals surface area (Å²) in [4.78, 5) is 25.4. The largest absolute Gasteiger partial charge is 0.490 e. The third-order valence-corrected chi connectivity index (χ3v) is 9.61. The van der Waals surface area contributed by atoms with E-state index in [2.05, 4.69) is 20.1 Å². The topological polar surface area (TPSA) is 112 Å². The number of halogens is 1. The Hall–Kier alpha value is -4.47. The van der Waals surface area contributed by atoms with E-state index in [0.29, 0.717) is 47.4 Å². The predicted octanol–water partition coefficient (Wildman–Crippen LogP) is 9.89. The second-order valence-corrected chi connectivity index (χ2v) is 14.0. The van der Waals surface area contributed by atoms with Crippen LogP contribution < -0.4 is 18.9 Å². The molecule has 1 aliphatic rings. The molecule has 1 fully saturated rings. The summed E-state index contributed by atoms with van der Waals surface area (Å²) in [5.74, 6) is 0.0180. The van der Waals surface area contributed by atoms with E-state index in [4.69, 9.17) is 18.9 Å². The smallest absolute Gasteiger partial charge is 0.338 e. The lowest BCUT2D eigenvalue weighted by Gasteiger charge is -2.29. The van der Waals surface area contributed by atoms with Crippen molar-refractivity contribution in [1.82, 2.24) is 0 Å². The number of carbonyl (C=O) groups is 2. The van der Waals surface area contributed by atoms with Gasteiger partial charge in [-0.1, -0.05) is 64.0 Å². The van der Waals surface area contributed by atoms with Gasteiger partial charge in [0, 0.05) is 41.9 Å². The Morgan fingerprint density at radius 2 is 1.38 bits per heavy atom. The molecule has 8 nitrogen and oxygen atoms in total. The number of aliphatic hydroxyl groups is 2. The van der Waals surface area contributed by atoms with Gasteiger partial charge in [-0.25, -0.2) is 14.0 Å². The van der Waals surface area contributed by atoms with Crippen molar-refractivity contribution in [2.75, 3.05) is 26.4 Å². The molecule has 0 bridgehead atoms. The summed E-state index contributed by atoms with van der Waals surface area (Å²) < 4.78 is 39.8. The molecule has 0 atom stereocenters. The first kappa shape index (κ1) is 41.3. The van der Waals surface area contributed by atoms with Crippen molar-refractivity contribution in [2.45, 2.75) is 97.3 Å². The van der Waals surface area contributed by atoms with E-state index in [0.717, 1.165) is 37.2 Å². The van der Waals surface area contributed by atoms with Gasteiger partial charge in [0.05, 0.1) is 13.2 Å². The Kier molecular flexibility index (Phi) is 16.1. The van der Waals surface area contributed by atoms with Crippen LogP contribution in [-0.2, 0) is 9.59 Å². The Balaban J connectivity index is 1.80. The van der Waals surface area contributed by atoms with Crippen molar-refractivity contribution in [3.05, 3.63) is 84.2 Å². The first-order valence-electron chi connectivity index (χ1n) is 18.9. The molecule has 9 heteroatoms. The minimum atomic E-state index is -0.676. The first-order valence-corrected chi connectivity index (χ1v) is 18.9. The number of unbranched alkanes of at least 4 members (excludes halogenated alkanes) is 3. The molecule has 3 aromatic carbocycles. The van der Waals surface area contributed by atoms with Crippen molar-refractivity contribution in [3.63, 3.8) is 0 Å². The molecule has 1 aliphatic carbocycles. The number of hydrogen-bond acceptors (Lipinski definition) is 8. The molecule has 0 amide bonds. The van der Waals surface area contributed by atoms with Crippen molar-refractivity contribution in [2.24, 2.45) is 5.92 Å². The van der Waals surface area contributed by atoms with Gasteiger partial charge in [0.1, 0.15) is 5.82 Å². The van der Waals surface area contributed by atoms with Crippen molar-refractivity contribution >= 4 is 11.9 Å². The molecule has 4 rings (SSSR count). The van der Waals surface area contributed by atoms with Crippen LogP contribution in [0.1, 0.15) is 103 Å². The maximum absolute atomic E-state index is 16.2. The number of aliphatic hydroxyl groups excluding tert-OH is 2. The molecule has 3 aromatic rings. The van der Waals surface area contributed by atoms with Crippen LogP contribution in [0.4, 0.5) is 4.39 Å². The zero-order chi connectivity index (χ0) is 38.3. The standard InChI is InChI=1S/C44H55FO8/c1-6-7-8-12-31-13-15-32(16-14-31)33-17-19-36(38(45)26-33)35-25-37(42(51-23-10-9-21-46)41(28-35)53-44(49)30(4)5)34-18-20-39(52-43(48)29(2)3)40(27-34)50-24-11-22-47/h17-20,25-28,31-32,46-47H,2,4,6-16,21-24H2,1,3,5H3. The first-order chi connectivity index (χ1) is 25.6. The molecule has 286 valence electrons. The third-order valence-electron chi connectivity index (χ3n) is 9.61. The number of hydrogen-bond donors (Lipinski definition) is 2. The molecular formula is C44H55FO8. The van der Waals surface area contributed by atoms with Crippen molar-refractivity contribution in [3.8, 4) is 45.3 Å². The number of rotatable bonds is 20. The maximum atomic E-state index is 16.2. The van der Waals surface area contributed by atoms with Gasteiger partial charge in [0.25, 0.3) is 0 Å². The van der Waals surface area contributed by atoms with Crippen LogP contribution in [0.5, 0.6) is 23.0 Å². The quantitative estimate of drug-likeness (QED) is 0.0512. The van der Waals surface area contributed by atoms with Gasteiger partial charge in [0.2, 0.25) is 0 Å². The normalized spacial score (nSPS) is 15.4. The average molecular weight is 731 g/mol. The lowest BCUT2D eigenvalue weighted by Crippen LogP contribution is -2.13. The van der Waals surface area contributed by atoms with Crippen molar-refractivity contribution in [1.29, 1.82) is 0 Å². The highest BCUT2D eigenvalue weighted by Gasteiger charge is 2.25. The van der Waals surface area contributed by atoms with Gasteiger partial charge in [0.15, 0.2) is 23.0 Å².